The Bertz CT molecular complexity index is 3470. The van der Waals surface area contributed by atoms with Crippen molar-refractivity contribution in [1.29, 1.82) is 10.5 Å². The lowest BCUT2D eigenvalue weighted by atomic mass is 10.0. The Kier molecular flexibility index (Phi) is 19.7. The van der Waals surface area contributed by atoms with E-state index in [0.717, 1.165) is 47.2 Å². The molecular weight excluding hydrogens is 1100 g/mol. The minimum atomic E-state index is -5.30. The number of sulfone groups is 2. The minimum absolute atomic E-state index is 0.0401. The average Bonchev–Trinajstić information content (AvgIpc) is 3.30. The van der Waals surface area contributed by atoms with Crippen LogP contribution in [0.5, 0.6) is 0 Å². The predicted molar refractivity (Wildman–Crippen MR) is 264 cm³/mol. The van der Waals surface area contributed by atoms with Crippen LogP contribution >= 0.6 is 0 Å². The Hall–Kier alpha value is -6.94. The van der Waals surface area contributed by atoms with Crippen molar-refractivity contribution in [2.75, 3.05) is 72.2 Å². The highest BCUT2D eigenvalue weighted by atomic mass is 32.3. The Labute approximate surface area is 424 Å². The highest BCUT2D eigenvalue weighted by Gasteiger charge is 2.26. The molecule has 2 aromatic heterocycles. The third-order valence-corrected chi connectivity index (χ3v) is 14.8. The molecule has 0 bridgehead atoms. The van der Waals surface area contributed by atoms with Crippen molar-refractivity contribution in [1.82, 2.24) is 9.97 Å². The number of aromatic nitrogens is 2. The third-order valence-electron chi connectivity index (χ3n) is 9.48. The van der Waals surface area contributed by atoms with Gasteiger partial charge in [-0.05, 0) is 38.1 Å². The first kappa shape index (κ1) is 59.6. The quantitative estimate of drug-likeness (QED) is 0.0235. The zero-order valence-electron chi connectivity index (χ0n) is 38.2. The van der Waals surface area contributed by atoms with E-state index < -0.39 is 106 Å². The fourth-order valence-corrected chi connectivity index (χ4v) is 9.21. The van der Waals surface area contributed by atoms with Gasteiger partial charge in [0.2, 0.25) is 0 Å². The topological polar surface area (TPSA) is 475 Å². The second-order valence-corrected chi connectivity index (χ2v) is 23.6. The van der Waals surface area contributed by atoms with Gasteiger partial charge in [0.1, 0.15) is 44.9 Å². The van der Waals surface area contributed by atoms with Gasteiger partial charge < -0.3 is 21.3 Å². The number of rotatable bonds is 27. The lowest BCUT2D eigenvalue weighted by molar-refractivity contribution is 0.277. The minimum Gasteiger partial charge on any atom is -0.368 e. The molecule has 8 N–H and O–H groups in total. The van der Waals surface area contributed by atoms with Crippen molar-refractivity contribution in [3.63, 3.8) is 0 Å². The van der Waals surface area contributed by atoms with Gasteiger partial charge >= 0.3 is 20.8 Å². The predicted octanol–water partition coefficient (Wildman–Crippen LogP) is 4.23. The maximum Gasteiger partial charge on any atom is 0.397 e. The van der Waals surface area contributed by atoms with Crippen molar-refractivity contribution in [2.45, 2.75) is 23.6 Å². The molecule has 398 valence electrons. The summed E-state index contributed by atoms with van der Waals surface area (Å²) in [6, 6.07) is 9.43. The number of pyridine rings is 2. The number of hydrogen-bond acceptors (Lipinski definition) is 26. The molecule has 0 fully saturated rings. The maximum absolute atomic E-state index is 12.9. The molecule has 0 saturated heterocycles. The molecule has 0 amide bonds. The summed E-state index contributed by atoms with van der Waals surface area (Å²) in [6.45, 7) is 6.59. The number of hydrogen-bond donors (Lipinski definition) is 8. The first-order valence-corrected chi connectivity index (χ1v) is 29.2. The van der Waals surface area contributed by atoms with E-state index in [1.165, 1.54) is 13.8 Å². The van der Waals surface area contributed by atoms with Gasteiger partial charge in [-0.3, -0.25) is 18.2 Å². The van der Waals surface area contributed by atoms with E-state index >= 15 is 0 Å². The number of anilines is 4. The SMILES string of the molecule is C=CS(=O)(=O)CCNc1nc(NCCOS(=O)(=O)O)c(/N=N/c2ccc(-c3ccc(/N=N/c4c(NCCOS(=O)(=O)O)nc(NCCS(=O)(=O)C=C)c(C#N)c4C)cc3S(=O)(=O)O)c(S(=O)(=O)O)c2)c(C)c1C#N. The normalized spacial score (nSPS) is 12.5. The van der Waals surface area contributed by atoms with Crippen molar-refractivity contribution >= 4 is 107 Å². The summed E-state index contributed by atoms with van der Waals surface area (Å²) in [5.41, 5.74) is -2.44. The summed E-state index contributed by atoms with van der Waals surface area (Å²) in [5, 5.41) is 48.4. The smallest absolute Gasteiger partial charge is 0.368 e. The highest BCUT2D eigenvalue weighted by Crippen LogP contribution is 2.40. The van der Waals surface area contributed by atoms with Crippen molar-refractivity contribution in [3.8, 4) is 23.3 Å². The summed E-state index contributed by atoms with van der Waals surface area (Å²) in [5.74, 6) is -1.69. The summed E-state index contributed by atoms with van der Waals surface area (Å²) in [4.78, 5) is 6.54. The van der Waals surface area contributed by atoms with E-state index in [9.17, 15) is 70.1 Å². The highest BCUT2D eigenvalue weighted by molar-refractivity contribution is 7.94. The molecule has 0 aliphatic heterocycles. The molecule has 0 aliphatic carbocycles. The van der Waals surface area contributed by atoms with E-state index in [4.69, 9.17) is 9.11 Å². The molecule has 74 heavy (non-hydrogen) atoms. The average molecular weight is 1150 g/mol. The number of benzene rings is 2. The van der Waals surface area contributed by atoms with Gasteiger partial charge in [-0.1, -0.05) is 25.3 Å². The van der Waals surface area contributed by atoms with Gasteiger partial charge in [-0.25, -0.2) is 35.2 Å². The van der Waals surface area contributed by atoms with E-state index in [1.807, 2.05) is 12.1 Å². The van der Waals surface area contributed by atoms with Gasteiger partial charge in [-0.2, -0.15) is 54.4 Å². The van der Waals surface area contributed by atoms with Crippen LogP contribution < -0.4 is 21.3 Å². The van der Waals surface area contributed by atoms with E-state index in [0.29, 0.717) is 0 Å². The summed E-state index contributed by atoms with van der Waals surface area (Å²) in [7, 11) is -27.8. The van der Waals surface area contributed by atoms with Gasteiger partial charge in [0, 0.05) is 59.2 Å². The number of nitrogens with zero attached hydrogens (tertiary/aromatic N) is 8. The van der Waals surface area contributed by atoms with E-state index in [-0.39, 0.29) is 94.5 Å². The molecule has 2 heterocycles. The van der Waals surface area contributed by atoms with Crippen LogP contribution in [0.4, 0.5) is 46.0 Å². The molecular formula is C38H42N12O18S6. The van der Waals surface area contributed by atoms with Gasteiger partial charge in [0.05, 0.1) is 47.2 Å². The van der Waals surface area contributed by atoms with E-state index in [1.54, 1.807) is 0 Å². The number of azo groups is 2. The van der Waals surface area contributed by atoms with Crippen LogP contribution in [0.25, 0.3) is 11.1 Å². The third kappa shape index (κ3) is 17.1. The summed E-state index contributed by atoms with van der Waals surface area (Å²) in [6.07, 6.45) is 0. The van der Waals surface area contributed by atoms with Crippen LogP contribution in [0, 0.1) is 36.5 Å². The lowest BCUT2D eigenvalue weighted by Crippen LogP contribution is -2.17. The largest absolute Gasteiger partial charge is 0.397 e. The second-order valence-electron chi connectivity index (χ2n) is 14.5. The first-order chi connectivity index (χ1) is 34.3. The number of nitrogens with one attached hydrogen (secondary N) is 4. The molecule has 0 aliphatic rings. The van der Waals surface area contributed by atoms with Crippen LogP contribution in [-0.2, 0) is 69.1 Å². The Morgan fingerprint density at radius 2 is 0.892 bits per heavy atom. The molecule has 4 rings (SSSR count). The van der Waals surface area contributed by atoms with Gasteiger partial charge in [0.15, 0.2) is 31.3 Å². The van der Waals surface area contributed by atoms with Gasteiger partial charge in [-0.15, -0.1) is 10.2 Å². The molecule has 0 atom stereocenters. The van der Waals surface area contributed by atoms with Crippen LogP contribution in [0.2, 0.25) is 0 Å². The Morgan fingerprint density at radius 1 is 0.554 bits per heavy atom. The zero-order chi connectivity index (χ0) is 55.5. The molecule has 0 unspecified atom stereocenters. The number of nitriles is 2. The molecule has 0 spiro atoms. The molecule has 4 aromatic rings. The molecule has 36 heteroatoms. The zero-order valence-corrected chi connectivity index (χ0v) is 43.1. The van der Waals surface area contributed by atoms with Crippen LogP contribution in [0.1, 0.15) is 22.3 Å². The molecule has 30 nitrogen and oxygen atoms in total. The van der Waals surface area contributed by atoms with Crippen LogP contribution in [-0.4, -0.2) is 130 Å². The summed E-state index contributed by atoms with van der Waals surface area (Å²) < 4.78 is 191. The van der Waals surface area contributed by atoms with Crippen molar-refractivity contribution in [3.05, 3.63) is 82.6 Å². The Balaban J connectivity index is 1.82. The standard InChI is InChI=1S/C38H42N12O18S6/c1-5-69(51,52)17-13-43-35-29(21-39)23(3)33(37(45-35)41-11-15-67-73(61,62)63)49-47-25-7-9-27(31(19-25)71(55,56)57)28-10-8-26(20-32(28)72(58,59)60)48-50-34-24(4)30(22-40)36(44-14-18-70(53,54)6-2)46-38(34)42-12-16-68-74(64,65)66/h5-10,19-20H,1-2,11-18H2,3-4H3,(H2,41,43,45)(H2,42,44,46)(H,55,56,57)(H,58,59,60)(H,61,62,63)(H,64,65,66)/b49-47+,50-48+. The summed E-state index contributed by atoms with van der Waals surface area (Å²) >= 11 is 0. The second kappa shape index (κ2) is 24.4. The van der Waals surface area contributed by atoms with Crippen molar-refractivity contribution in [2.24, 2.45) is 20.5 Å². The fourth-order valence-electron chi connectivity index (χ4n) is 6.07. The van der Waals surface area contributed by atoms with E-state index in [2.05, 4.69) is 73.2 Å². The van der Waals surface area contributed by atoms with Crippen LogP contribution in [0.3, 0.4) is 0 Å². The van der Waals surface area contributed by atoms with Crippen molar-refractivity contribution < 1.29 is 77.1 Å². The molecule has 0 radical (unpaired) electrons. The Morgan fingerprint density at radius 3 is 1.19 bits per heavy atom. The van der Waals surface area contributed by atoms with Crippen LogP contribution in [0.15, 0.2) is 90.6 Å². The first-order valence-electron chi connectivity index (χ1n) is 20.2. The van der Waals surface area contributed by atoms with Gasteiger partial charge in [0.25, 0.3) is 20.2 Å². The fraction of sp³-hybridized carbons (Fsp3) is 0.263. The monoisotopic (exact) mass is 1150 g/mol. The lowest BCUT2D eigenvalue weighted by Gasteiger charge is -2.16. The molecule has 0 saturated carbocycles. The maximum atomic E-state index is 12.9. The molecule has 2 aromatic carbocycles.